The first-order chi connectivity index (χ1) is 11.3. The number of likely N-dealkylation sites (tertiary alicyclic amines) is 1. The van der Waals surface area contributed by atoms with Crippen LogP contribution >= 0.6 is 0 Å². The van der Waals surface area contributed by atoms with E-state index in [-0.39, 0.29) is 24.2 Å². The average molecular weight is 367 g/mol. The van der Waals surface area contributed by atoms with Crippen LogP contribution in [0.5, 0.6) is 0 Å². The van der Waals surface area contributed by atoms with E-state index in [4.69, 9.17) is 0 Å². The van der Waals surface area contributed by atoms with Crippen molar-refractivity contribution in [3.63, 3.8) is 0 Å². The van der Waals surface area contributed by atoms with Crippen LogP contribution in [0.25, 0.3) is 0 Å². The molecule has 0 aliphatic carbocycles. The van der Waals surface area contributed by atoms with Gasteiger partial charge in [0.25, 0.3) is 6.43 Å². The van der Waals surface area contributed by atoms with Gasteiger partial charge in [0.2, 0.25) is 15.9 Å². The van der Waals surface area contributed by atoms with E-state index in [1.54, 1.807) is 11.8 Å². The van der Waals surface area contributed by atoms with Crippen molar-refractivity contribution in [2.24, 2.45) is 0 Å². The molecule has 0 aromatic heterocycles. The SMILES string of the molecule is CCCS(=O)(=O)N1CCCC1C(=O)NC1CCN(CC(F)F)CC1. The Hall–Kier alpha value is -0.800. The van der Waals surface area contributed by atoms with Gasteiger partial charge in [-0.2, -0.15) is 4.31 Å². The Morgan fingerprint density at radius 1 is 1.21 bits per heavy atom. The first kappa shape index (κ1) is 19.5. The molecule has 1 N–H and O–H groups in total. The summed E-state index contributed by atoms with van der Waals surface area (Å²) >= 11 is 0. The number of carbonyl (C=O) groups is 1. The minimum absolute atomic E-state index is 0.0583. The molecule has 2 saturated heterocycles. The Kier molecular flexibility index (Phi) is 6.94. The van der Waals surface area contributed by atoms with Crippen molar-refractivity contribution in [2.45, 2.75) is 57.5 Å². The summed E-state index contributed by atoms with van der Waals surface area (Å²) in [4.78, 5) is 14.2. The van der Waals surface area contributed by atoms with E-state index in [9.17, 15) is 22.0 Å². The number of amides is 1. The van der Waals surface area contributed by atoms with Crippen LogP contribution in [-0.2, 0) is 14.8 Å². The summed E-state index contributed by atoms with van der Waals surface area (Å²) < 4.78 is 50.6. The number of rotatable bonds is 7. The van der Waals surface area contributed by atoms with E-state index < -0.39 is 22.5 Å². The fourth-order valence-corrected chi connectivity index (χ4v) is 5.21. The Balaban J connectivity index is 1.86. The molecule has 2 aliphatic heterocycles. The van der Waals surface area contributed by atoms with Crippen LogP contribution in [0.4, 0.5) is 8.78 Å². The van der Waals surface area contributed by atoms with Gasteiger partial charge in [-0.1, -0.05) is 6.92 Å². The van der Waals surface area contributed by atoms with Gasteiger partial charge in [0.05, 0.1) is 12.3 Å². The second-order valence-electron chi connectivity index (χ2n) is 6.56. The van der Waals surface area contributed by atoms with E-state index in [1.165, 1.54) is 4.31 Å². The van der Waals surface area contributed by atoms with Crippen molar-refractivity contribution < 1.29 is 22.0 Å². The van der Waals surface area contributed by atoms with Gasteiger partial charge >= 0.3 is 0 Å². The van der Waals surface area contributed by atoms with Crippen molar-refractivity contribution in [2.75, 3.05) is 31.9 Å². The molecular weight excluding hydrogens is 340 g/mol. The molecule has 0 saturated carbocycles. The summed E-state index contributed by atoms with van der Waals surface area (Å²) in [7, 11) is -3.39. The van der Waals surface area contributed by atoms with E-state index in [1.807, 2.05) is 0 Å². The monoisotopic (exact) mass is 367 g/mol. The number of nitrogens with zero attached hydrogens (tertiary/aromatic N) is 2. The first-order valence-corrected chi connectivity index (χ1v) is 10.2. The highest BCUT2D eigenvalue weighted by molar-refractivity contribution is 7.89. The second-order valence-corrected chi connectivity index (χ2v) is 8.60. The molecule has 0 spiro atoms. The number of nitrogens with one attached hydrogen (secondary N) is 1. The number of halogens is 2. The molecule has 140 valence electrons. The van der Waals surface area contributed by atoms with E-state index in [0.29, 0.717) is 51.7 Å². The molecule has 2 aliphatic rings. The molecule has 6 nitrogen and oxygen atoms in total. The third-order valence-corrected chi connectivity index (χ3v) is 6.73. The van der Waals surface area contributed by atoms with E-state index in [0.717, 1.165) is 0 Å². The Morgan fingerprint density at radius 2 is 1.88 bits per heavy atom. The Bertz CT molecular complexity index is 522. The zero-order chi connectivity index (χ0) is 17.7. The lowest BCUT2D eigenvalue weighted by molar-refractivity contribution is -0.125. The molecule has 1 amide bonds. The molecule has 2 rings (SSSR count). The van der Waals surface area contributed by atoms with Crippen LogP contribution in [0, 0.1) is 0 Å². The van der Waals surface area contributed by atoms with Gasteiger partial charge in [0.1, 0.15) is 6.04 Å². The Labute approximate surface area is 142 Å². The third kappa shape index (κ3) is 5.10. The van der Waals surface area contributed by atoms with Crippen LogP contribution in [0.1, 0.15) is 39.0 Å². The maximum Gasteiger partial charge on any atom is 0.251 e. The maximum atomic E-state index is 12.5. The summed E-state index contributed by atoms with van der Waals surface area (Å²) in [6.45, 7) is 3.02. The van der Waals surface area contributed by atoms with Crippen LogP contribution in [0.15, 0.2) is 0 Å². The quantitative estimate of drug-likeness (QED) is 0.730. The summed E-state index contributed by atoms with van der Waals surface area (Å²) in [5.74, 6) is -0.192. The number of sulfonamides is 1. The highest BCUT2D eigenvalue weighted by Gasteiger charge is 2.38. The molecule has 0 aromatic rings. The second kappa shape index (κ2) is 8.53. The van der Waals surface area contributed by atoms with Gasteiger partial charge in [-0.05, 0) is 32.1 Å². The number of hydrogen-bond acceptors (Lipinski definition) is 4. The van der Waals surface area contributed by atoms with Gasteiger partial charge in [0.15, 0.2) is 0 Å². The highest BCUT2D eigenvalue weighted by atomic mass is 32.2. The molecule has 1 unspecified atom stereocenters. The minimum atomic E-state index is -3.39. The summed E-state index contributed by atoms with van der Waals surface area (Å²) in [5, 5.41) is 2.92. The van der Waals surface area contributed by atoms with Gasteiger partial charge in [-0.3, -0.25) is 9.69 Å². The smallest absolute Gasteiger partial charge is 0.251 e. The van der Waals surface area contributed by atoms with Gasteiger partial charge in [-0.15, -0.1) is 0 Å². The molecular formula is C15H27F2N3O3S. The van der Waals surface area contributed by atoms with Crippen molar-refractivity contribution >= 4 is 15.9 Å². The molecule has 2 fully saturated rings. The molecule has 0 radical (unpaired) electrons. The van der Waals surface area contributed by atoms with Crippen LogP contribution in [0.3, 0.4) is 0 Å². The lowest BCUT2D eigenvalue weighted by atomic mass is 10.0. The minimum Gasteiger partial charge on any atom is -0.352 e. The largest absolute Gasteiger partial charge is 0.352 e. The van der Waals surface area contributed by atoms with Gasteiger partial charge in [-0.25, -0.2) is 17.2 Å². The first-order valence-electron chi connectivity index (χ1n) is 8.64. The summed E-state index contributed by atoms with van der Waals surface area (Å²) in [6, 6.07) is -0.691. The molecule has 0 bridgehead atoms. The van der Waals surface area contributed by atoms with Crippen molar-refractivity contribution in [3.8, 4) is 0 Å². The average Bonchev–Trinajstić information content (AvgIpc) is 2.99. The van der Waals surface area contributed by atoms with Gasteiger partial charge < -0.3 is 5.32 Å². The zero-order valence-electron chi connectivity index (χ0n) is 14.1. The summed E-state index contributed by atoms with van der Waals surface area (Å²) in [6.07, 6.45) is 0.648. The van der Waals surface area contributed by atoms with Crippen molar-refractivity contribution in [3.05, 3.63) is 0 Å². The molecule has 24 heavy (non-hydrogen) atoms. The van der Waals surface area contributed by atoms with Gasteiger partial charge in [0, 0.05) is 25.7 Å². The number of piperidine rings is 1. The van der Waals surface area contributed by atoms with Crippen molar-refractivity contribution in [1.82, 2.24) is 14.5 Å². The third-order valence-electron chi connectivity index (χ3n) is 4.66. The highest BCUT2D eigenvalue weighted by Crippen LogP contribution is 2.23. The molecule has 9 heteroatoms. The van der Waals surface area contributed by atoms with Crippen LogP contribution in [0.2, 0.25) is 0 Å². The topological polar surface area (TPSA) is 69.7 Å². The predicted molar refractivity (Wildman–Crippen MR) is 87.4 cm³/mol. The van der Waals surface area contributed by atoms with E-state index >= 15 is 0 Å². The number of hydrogen-bond donors (Lipinski definition) is 1. The van der Waals surface area contributed by atoms with Crippen LogP contribution < -0.4 is 5.32 Å². The standard InChI is InChI=1S/C15H27F2N3O3S/c1-2-10-24(22,23)20-7-3-4-13(20)15(21)18-12-5-8-19(9-6-12)11-14(16)17/h12-14H,2-11H2,1H3,(H,18,21). The Morgan fingerprint density at radius 3 is 2.46 bits per heavy atom. The fraction of sp³-hybridized carbons (Fsp3) is 0.933. The summed E-state index contributed by atoms with van der Waals surface area (Å²) in [5.41, 5.74) is 0. The lowest BCUT2D eigenvalue weighted by Gasteiger charge is -2.33. The molecule has 1 atom stereocenters. The normalized spacial score (nSPS) is 24.6. The predicted octanol–water partition coefficient (Wildman–Crippen LogP) is 1.04. The zero-order valence-corrected chi connectivity index (χ0v) is 14.9. The maximum absolute atomic E-state index is 12.5. The number of carbonyl (C=O) groups excluding carboxylic acids is 1. The molecule has 0 aromatic carbocycles. The lowest BCUT2D eigenvalue weighted by Crippen LogP contribution is -2.52. The number of alkyl halides is 2. The van der Waals surface area contributed by atoms with Crippen LogP contribution in [-0.4, -0.2) is 74.0 Å². The van der Waals surface area contributed by atoms with E-state index in [2.05, 4.69) is 5.32 Å². The van der Waals surface area contributed by atoms with Crippen molar-refractivity contribution in [1.29, 1.82) is 0 Å². The molecule has 2 heterocycles. The fourth-order valence-electron chi connectivity index (χ4n) is 3.46.